The van der Waals surface area contributed by atoms with Gasteiger partial charge >= 0.3 is 6.03 Å². The van der Waals surface area contributed by atoms with Gasteiger partial charge < -0.3 is 15.5 Å². The number of nitrogens with one attached hydrogen (secondary N) is 2. The van der Waals surface area contributed by atoms with Crippen LogP contribution in [0, 0.1) is 19.3 Å². The van der Waals surface area contributed by atoms with E-state index in [1.165, 1.54) is 5.56 Å². The van der Waals surface area contributed by atoms with Crippen LogP contribution in [0.3, 0.4) is 0 Å². The molecule has 6 heteroatoms. The molecular formula is C23H28BrN3O2. The average molecular weight is 458 g/mol. The van der Waals surface area contributed by atoms with Crippen molar-refractivity contribution in [3.63, 3.8) is 0 Å². The van der Waals surface area contributed by atoms with E-state index in [0.717, 1.165) is 34.1 Å². The first-order chi connectivity index (χ1) is 13.8. The normalized spacial score (nSPS) is 19.0. The molecule has 1 aliphatic rings. The van der Waals surface area contributed by atoms with Gasteiger partial charge in [0.1, 0.15) is 0 Å². The Morgan fingerprint density at radius 1 is 1.14 bits per heavy atom. The summed E-state index contributed by atoms with van der Waals surface area (Å²) in [5.41, 5.74) is 3.50. The van der Waals surface area contributed by atoms with Crippen LogP contribution in [0.5, 0.6) is 0 Å². The van der Waals surface area contributed by atoms with E-state index in [2.05, 4.69) is 26.6 Å². The third kappa shape index (κ3) is 5.38. The number of carbonyl (C=O) groups excluding carboxylic acids is 2. The molecule has 2 aromatic carbocycles. The number of hydrogen-bond acceptors (Lipinski definition) is 2. The van der Waals surface area contributed by atoms with E-state index in [4.69, 9.17) is 0 Å². The van der Waals surface area contributed by atoms with Crippen molar-refractivity contribution in [2.75, 3.05) is 18.4 Å². The lowest BCUT2D eigenvalue weighted by Gasteiger charge is -2.39. The molecule has 1 unspecified atom stereocenters. The fourth-order valence-corrected chi connectivity index (χ4v) is 3.87. The van der Waals surface area contributed by atoms with Crippen LogP contribution in [-0.4, -0.2) is 29.9 Å². The number of nitrogens with zero attached hydrogens (tertiary/aromatic N) is 1. The standard InChI is InChI=1S/C23H28BrN3O2/c1-16-5-7-18(8-6-16)14-25-21(28)23(3)11-4-12-27(15-23)22(29)26-19-9-10-20(24)17(2)13-19/h5-10,13H,4,11-12,14-15H2,1-3H3,(H,25,28)(H,26,29). The third-order valence-corrected chi connectivity index (χ3v) is 6.40. The third-order valence-electron chi connectivity index (χ3n) is 5.51. The molecule has 29 heavy (non-hydrogen) atoms. The van der Waals surface area contributed by atoms with Crippen LogP contribution in [0.25, 0.3) is 0 Å². The summed E-state index contributed by atoms with van der Waals surface area (Å²) in [5.74, 6) is -0.00457. The molecular weight excluding hydrogens is 430 g/mol. The second kappa shape index (κ2) is 8.99. The predicted octanol–water partition coefficient (Wildman–Crippen LogP) is 5.02. The molecule has 0 bridgehead atoms. The van der Waals surface area contributed by atoms with Crippen molar-refractivity contribution >= 4 is 33.6 Å². The molecule has 5 nitrogen and oxygen atoms in total. The highest BCUT2D eigenvalue weighted by Crippen LogP contribution is 2.30. The van der Waals surface area contributed by atoms with Gasteiger partial charge in [0.2, 0.25) is 5.91 Å². The number of likely N-dealkylation sites (tertiary alicyclic amines) is 1. The Labute approximate surface area is 181 Å². The Morgan fingerprint density at radius 2 is 1.86 bits per heavy atom. The fourth-order valence-electron chi connectivity index (χ4n) is 3.62. The van der Waals surface area contributed by atoms with Crippen molar-refractivity contribution < 1.29 is 9.59 Å². The summed E-state index contributed by atoms with van der Waals surface area (Å²) >= 11 is 3.47. The van der Waals surface area contributed by atoms with Crippen LogP contribution >= 0.6 is 15.9 Å². The molecule has 1 heterocycles. The number of amides is 3. The lowest BCUT2D eigenvalue weighted by Crippen LogP contribution is -2.52. The van der Waals surface area contributed by atoms with Gasteiger partial charge in [-0.25, -0.2) is 4.79 Å². The van der Waals surface area contributed by atoms with Crippen LogP contribution in [0.15, 0.2) is 46.9 Å². The zero-order valence-corrected chi connectivity index (χ0v) is 18.8. The van der Waals surface area contributed by atoms with Gasteiger partial charge in [-0.05, 0) is 62.9 Å². The molecule has 0 aromatic heterocycles. The van der Waals surface area contributed by atoms with E-state index < -0.39 is 5.41 Å². The maximum Gasteiger partial charge on any atom is 0.321 e. The summed E-state index contributed by atoms with van der Waals surface area (Å²) in [7, 11) is 0. The zero-order chi connectivity index (χ0) is 21.0. The second-order valence-electron chi connectivity index (χ2n) is 8.15. The van der Waals surface area contributed by atoms with Crippen molar-refractivity contribution in [1.29, 1.82) is 0 Å². The van der Waals surface area contributed by atoms with Gasteiger partial charge in [-0.1, -0.05) is 45.8 Å². The molecule has 1 atom stereocenters. The molecule has 0 radical (unpaired) electrons. The first-order valence-electron chi connectivity index (χ1n) is 9.93. The lowest BCUT2D eigenvalue weighted by molar-refractivity contribution is -0.132. The quantitative estimate of drug-likeness (QED) is 0.676. The molecule has 0 saturated carbocycles. The summed E-state index contributed by atoms with van der Waals surface area (Å²) < 4.78 is 1.01. The molecule has 3 rings (SSSR count). The molecule has 1 fully saturated rings. The molecule has 0 aliphatic carbocycles. The molecule has 3 amide bonds. The fraction of sp³-hybridized carbons (Fsp3) is 0.391. The molecule has 2 N–H and O–H groups in total. The smallest absolute Gasteiger partial charge is 0.321 e. The van der Waals surface area contributed by atoms with Crippen LogP contribution < -0.4 is 10.6 Å². The summed E-state index contributed by atoms with van der Waals surface area (Å²) in [6.07, 6.45) is 1.58. The largest absolute Gasteiger partial charge is 0.351 e. The Hall–Kier alpha value is -2.34. The van der Waals surface area contributed by atoms with Crippen LogP contribution in [0.4, 0.5) is 10.5 Å². The topological polar surface area (TPSA) is 61.4 Å². The minimum Gasteiger partial charge on any atom is -0.351 e. The Morgan fingerprint density at radius 3 is 2.55 bits per heavy atom. The van der Waals surface area contributed by atoms with Crippen LogP contribution in [-0.2, 0) is 11.3 Å². The number of anilines is 1. The van der Waals surface area contributed by atoms with E-state index in [1.807, 2.05) is 63.2 Å². The zero-order valence-electron chi connectivity index (χ0n) is 17.2. The first kappa shape index (κ1) is 21.4. The number of benzene rings is 2. The Balaban J connectivity index is 1.60. The molecule has 0 spiro atoms. The van der Waals surface area contributed by atoms with E-state index in [0.29, 0.717) is 19.6 Å². The lowest BCUT2D eigenvalue weighted by atomic mass is 9.81. The number of carbonyl (C=O) groups is 2. The Bertz CT molecular complexity index is 897. The summed E-state index contributed by atoms with van der Waals surface area (Å²) in [6.45, 7) is 7.53. The summed E-state index contributed by atoms with van der Waals surface area (Å²) in [5, 5.41) is 6.00. The maximum atomic E-state index is 12.9. The van der Waals surface area contributed by atoms with E-state index in [1.54, 1.807) is 4.90 Å². The predicted molar refractivity (Wildman–Crippen MR) is 120 cm³/mol. The summed E-state index contributed by atoms with van der Waals surface area (Å²) in [6, 6.07) is 13.7. The molecule has 1 saturated heterocycles. The summed E-state index contributed by atoms with van der Waals surface area (Å²) in [4.78, 5) is 27.4. The van der Waals surface area contributed by atoms with Gasteiger partial charge in [-0.15, -0.1) is 0 Å². The maximum absolute atomic E-state index is 12.9. The van der Waals surface area contributed by atoms with Gasteiger partial charge in [-0.3, -0.25) is 4.79 Å². The van der Waals surface area contributed by atoms with E-state index >= 15 is 0 Å². The SMILES string of the molecule is Cc1ccc(CNC(=O)C2(C)CCCN(C(=O)Nc3ccc(Br)c(C)c3)C2)cc1. The van der Waals surface area contributed by atoms with Gasteiger partial charge in [0.05, 0.1) is 5.41 Å². The van der Waals surface area contributed by atoms with Gasteiger partial charge in [0.25, 0.3) is 0 Å². The number of halogens is 1. The number of piperidine rings is 1. The first-order valence-corrected chi connectivity index (χ1v) is 10.7. The second-order valence-corrected chi connectivity index (χ2v) is 9.00. The minimum atomic E-state index is -0.587. The van der Waals surface area contributed by atoms with Crippen LogP contribution in [0.1, 0.15) is 36.5 Å². The number of urea groups is 1. The Kier molecular flexibility index (Phi) is 6.63. The van der Waals surface area contributed by atoms with Crippen molar-refractivity contribution in [3.05, 3.63) is 63.6 Å². The highest BCUT2D eigenvalue weighted by molar-refractivity contribution is 9.10. The average Bonchev–Trinajstić information content (AvgIpc) is 2.70. The molecule has 2 aromatic rings. The van der Waals surface area contributed by atoms with E-state index in [9.17, 15) is 9.59 Å². The number of rotatable bonds is 4. The highest BCUT2D eigenvalue weighted by atomic mass is 79.9. The van der Waals surface area contributed by atoms with Crippen molar-refractivity contribution in [1.82, 2.24) is 10.2 Å². The molecule has 154 valence electrons. The molecule has 1 aliphatic heterocycles. The van der Waals surface area contributed by atoms with Gasteiger partial charge in [0, 0.05) is 29.8 Å². The van der Waals surface area contributed by atoms with Crippen molar-refractivity contribution in [2.24, 2.45) is 5.41 Å². The monoisotopic (exact) mass is 457 g/mol. The minimum absolute atomic E-state index is 0.00457. The van der Waals surface area contributed by atoms with Gasteiger partial charge in [-0.2, -0.15) is 0 Å². The highest BCUT2D eigenvalue weighted by Gasteiger charge is 2.39. The number of aryl methyl sites for hydroxylation is 2. The van der Waals surface area contributed by atoms with Crippen molar-refractivity contribution in [3.8, 4) is 0 Å². The number of hydrogen-bond donors (Lipinski definition) is 2. The van der Waals surface area contributed by atoms with Crippen LogP contribution in [0.2, 0.25) is 0 Å². The van der Waals surface area contributed by atoms with Gasteiger partial charge in [0.15, 0.2) is 0 Å². The van der Waals surface area contributed by atoms with Crippen molar-refractivity contribution in [2.45, 2.75) is 40.2 Å². The van der Waals surface area contributed by atoms with E-state index in [-0.39, 0.29) is 11.9 Å².